The van der Waals surface area contributed by atoms with Crippen LogP contribution < -0.4 is 5.73 Å². The van der Waals surface area contributed by atoms with Crippen LogP contribution in [0.5, 0.6) is 0 Å². The number of rotatable bonds is 9. The van der Waals surface area contributed by atoms with E-state index in [-0.39, 0.29) is 30.4 Å². The average molecular weight is 517 g/mol. The van der Waals surface area contributed by atoms with Crippen LogP contribution in [0, 0.1) is 17.0 Å². The van der Waals surface area contributed by atoms with Crippen LogP contribution in [-0.2, 0) is 6.54 Å². The van der Waals surface area contributed by atoms with E-state index >= 15 is 0 Å². The number of hydrogen-bond donors (Lipinski definition) is 1. The van der Waals surface area contributed by atoms with Gasteiger partial charge in [0.15, 0.2) is 11.6 Å². The Bertz CT molecular complexity index is 1190. The third kappa shape index (κ3) is 6.88. The van der Waals surface area contributed by atoms with Gasteiger partial charge >= 0.3 is 6.03 Å². The van der Waals surface area contributed by atoms with E-state index in [1.807, 2.05) is 51.1 Å². The normalized spacial score (nSPS) is 13.3. The maximum absolute atomic E-state index is 14.7. The summed E-state index contributed by atoms with van der Waals surface area (Å²) in [5.74, 6) is -0.865. The van der Waals surface area contributed by atoms with Crippen molar-refractivity contribution >= 4 is 6.03 Å². The first kappa shape index (κ1) is 28.2. The highest BCUT2D eigenvalue weighted by molar-refractivity contribution is 5.74. The van der Waals surface area contributed by atoms with Gasteiger partial charge in [0.2, 0.25) is 0 Å². The molecule has 1 unspecified atom stereocenters. The van der Waals surface area contributed by atoms with Crippen LogP contribution in [0.3, 0.4) is 0 Å². The summed E-state index contributed by atoms with van der Waals surface area (Å²) in [4.78, 5) is 21.1. The van der Waals surface area contributed by atoms with Crippen molar-refractivity contribution in [2.75, 3.05) is 27.3 Å². The molecule has 2 N–H and O–H groups in total. The maximum Gasteiger partial charge on any atom is 0.320 e. The third-order valence-electron chi connectivity index (χ3n) is 5.99. The fourth-order valence-electron chi connectivity index (χ4n) is 4.18. The first-order valence-electron chi connectivity index (χ1n) is 12.2. The Balaban J connectivity index is 2.21. The SMILES string of the molecule is CN(C)C(=O)N(CCC(N)CF)[C@@H](c1nc(-c2cc(F)ccc2F)nn1Cc1ccccc1)C(C)(C)C. The van der Waals surface area contributed by atoms with Gasteiger partial charge in [0.1, 0.15) is 18.3 Å². The zero-order chi connectivity index (χ0) is 27.3. The second-order valence-electron chi connectivity index (χ2n) is 10.4. The van der Waals surface area contributed by atoms with Crippen LogP contribution in [0.15, 0.2) is 48.5 Å². The van der Waals surface area contributed by atoms with Gasteiger partial charge in [-0.25, -0.2) is 27.6 Å². The molecule has 200 valence electrons. The minimum Gasteiger partial charge on any atom is -0.331 e. The van der Waals surface area contributed by atoms with E-state index in [4.69, 9.17) is 5.73 Å². The zero-order valence-electron chi connectivity index (χ0n) is 22.0. The summed E-state index contributed by atoms with van der Waals surface area (Å²) in [5, 5.41) is 4.57. The summed E-state index contributed by atoms with van der Waals surface area (Å²) in [7, 11) is 3.26. The molecule has 3 rings (SSSR count). The molecular weight excluding hydrogens is 481 g/mol. The van der Waals surface area contributed by atoms with Gasteiger partial charge in [-0.05, 0) is 35.6 Å². The summed E-state index contributed by atoms with van der Waals surface area (Å²) in [6.45, 7) is 5.61. The summed E-state index contributed by atoms with van der Waals surface area (Å²) in [6, 6.07) is 11.0. The number of benzene rings is 2. The van der Waals surface area contributed by atoms with E-state index < -0.39 is 35.8 Å². The number of hydrogen-bond acceptors (Lipinski definition) is 4. The van der Waals surface area contributed by atoms with Crippen LogP contribution >= 0.6 is 0 Å². The monoisotopic (exact) mass is 516 g/mol. The van der Waals surface area contributed by atoms with Crippen LogP contribution in [-0.4, -0.2) is 64.0 Å². The largest absolute Gasteiger partial charge is 0.331 e. The Hall–Kier alpha value is -3.40. The Kier molecular flexibility index (Phi) is 8.96. The second kappa shape index (κ2) is 11.8. The number of carbonyl (C=O) groups excluding carboxylic acids is 1. The molecule has 0 spiro atoms. The quantitative estimate of drug-likeness (QED) is 0.433. The van der Waals surface area contributed by atoms with Crippen molar-refractivity contribution in [1.82, 2.24) is 24.6 Å². The van der Waals surface area contributed by atoms with E-state index in [2.05, 4.69) is 10.1 Å². The van der Waals surface area contributed by atoms with Gasteiger partial charge in [-0.1, -0.05) is 51.1 Å². The number of halogens is 3. The van der Waals surface area contributed by atoms with E-state index in [0.29, 0.717) is 12.4 Å². The maximum atomic E-state index is 14.7. The Labute approximate surface area is 216 Å². The lowest BCUT2D eigenvalue weighted by Crippen LogP contribution is -2.48. The number of alkyl halides is 1. The van der Waals surface area contributed by atoms with Crippen LogP contribution in [0.25, 0.3) is 11.4 Å². The van der Waals surface area contributed by atoms with E-state index in [0.717, 1.165) is 23.8 Å². The summed E-state index contributed by atoms with van der Waals surface area (Å²) < 4.78 is 43.6. The van der Waals surface area contributed by atoms with Gasteiger partial charge in [-0.15, -0.1) is 0 Å². The molecule has 1 aromatic heterocycles. The van der Waals surface area contributed by atoms with E-state index in [1.54, 1.807) is 23.7 Å². The number of carbonyl (C=O) groups is 1. The molecule has 7 nitrogen and oxygen atoms in total. The fraction of sp³-hybridized carbons (Fsp3) is 0.444. The van der Waals surface area contributed by atoms with Crippen molar-refractivity contribution in [2.24, 2.45) is 11.1 Å². The van der Waals surface area contributed by atoms with Crippen LogP contribution in [0.2, 0.25) is 0 Å². The van der Waals surface area contributed by atoms with Crippen molar-refractivity contribution in [3.05, 3.63) is 71.6 Å². The van der Waals surface area contributed by atoms with Gasteiger partial charge in [0, 0.05) is 26.7 Å². The Morgan fingerprint density at radius 3 is 2.38 bits per heavy atom. The molecule has 1 heterocycles. The topological polar surface area (TPSA) is 80.3 Å². The Morgan fingerprint density at radius 1 is 1.11 bits per heavy atom. The van der Waals surface area contributed by atoms with Crippen molar-refractivity contribution in [3.8, 4) is 11.4 Å². The van der Waals surface area contributed by atoms with Gasteiger partial charge in [0.05, 0.1) is 18.2 Å². The smallest absolute Gasteiger partial charge is 0.320 e. The lowest BCUT2D eigenvalue weighted by molar-refractivity contribution is 0.0892. The lowest BCUT2D eigenvalue weighted by atomic mass is 9.84. The molecule has 0 bridgehead atoms. The molecule has 37 heavy (non-hydrogen) atoms. The van der Waals surface area contributed by atoms with Crippen molar-refractivity contribution in [2.45, 2.75) is 45.8 Å². The minimum absolute atomic E-state index is 0.00916. The molecule has 3 aromatic rings. The predicted octanol–water partition coefficient (Wildman–Crippen LogP) is 5.03. The highest BCUT2D eigenvalue weighted by Crippen LogP contribution is 2.39. The van der Waals surface area contributed by atoms with Gasteiger partial charge in [-0.3, -0.25) is 0 Å². The van der Waals surface area contributed by atoms with Gasteiger partial charge < -0.3 is 15.5 Å². The third-order valence-corrected chi connectivity index (χ3v) is 5.99. The molecule has 2 amide bonds. The van der Waals surface area contributed by atoms with Crippen molar-refractivity contribution in [1.29, 1.82) is 0 Å². The number of urea groups is 1. The van der Waals surface area contributed by atoms with Crippen molar-refractivity contribution in [3.63, 3.8) is 0 Å². The highest BCUT2D eigenvalue weighted by Gasteiger charge is 2.39. The molecule has 2 atom stereocenters. The molecule has 0 fully saturated rings. The van der Waals surface area contributed by atoms with E-state index in [1.165, 1.54) is 4.90 Å². The minimum atomic E-state index is -0.725. The Morgan fingerprint density at radius 2 is 1.78 bits per heavy atom. The summed E-state index contributed by atoms with van der Waals surface area (Å²) >= 11 is 0. The molecule has 0 aliphatic heterocycles. The average Bonchev–Trinajstić information content (AvgIpc) is 3.24. The summed E-state index contributed by atoms with van der Waals surface area (Å²) in [5.41, 5.74) is 6.12. The van der Waals surface area contributed by atoms with Crippen LogP contribution in [0.1, 0.15) is 44.6 Å². The zero-order valence-corrected chi connectivity index (χ0v) is 22.0. The first-order chi connectivity index (χ1) is 17.4. The molecule has 10 heteroatoms. The van der Waals surface area contributed by atoms with Crippen LogP contribution in [0.4, 0.5) is 18.0 Å². The number of amides is 2. The predicted molar refractivity (Wildman–Crippen MR) is 137 cm³/mol. The van der Waals surface area contributed by atoms with Gasteiger partial charge in [-0.2, -0.15) is 5.10 Å². The van der Waals surface area contributed by atoms with E-state index in [9.17, 15) is 18.0 Å². The summed E-state index contributed by atoms with van der Waals surface area (Å²) in [6.07, 6.45) is 0.237. The number of nitrogens with two attached hydrogens (primary N) is 1. The molecule has 0 radical (unpaired) electrons. The molecule has 0 aliphatic carbocycles. The molecule has 2 aromatic carbocycles. The lowest BCUT2D eigenvalue weighted by Gasteiger charge is -2.41. The second-order valence-corrected chi connectivity index (χ2v) is 10.4. The first-order valence-corrected chi connectivity index (χ1v) is 12.2. The highest BCUT2D eigenvalue weighted by atomic mass is 19.1. The number of aromatic nitrogens is 3. The van der Waals surface area contributed by atoms with Gasteiger partial charge in [0.25, 0.3) is 0 Å². The number of nitrogens with zero attached hydrogens (tertiary/aromatic N) is 5. The molecular formula is C27H35F3N6O. The molecule has 0 aliphatic rings. The standard InChI is InChI=1S/C27H35F3N6O/c1-27(2,3)23(35(26(37)34(4)5)14-13-20(31)16-28)25-32-24(21-15-19(29)11-12-22(21)30)33-36(25)17-18-9-7-6-8-10-18/h6-12,15,20,23H,13-14,16-17,31H2,1-5H3/t20?,23-/m0/s1. The fourth-order valence-corrected chi connectivity index (χ4v) is 4.18. The van der Waals surface area contributed by atoms with Crippen molar-refractivity contribution < 1.29 is 18.0 Å². The molecule has 0 saturated carbocycles. The molecule has 0 saturated heterocycles.